The number of para-hydroxylation sites is 2. The first-order valence-electron chi connectivity index (χ1n) is 6.89. The number of fused-ring (bicyclic) bond motifs is 1. The molecule has 1 aliphatic heterocycles. The molecule has 1 aliphatic rings. The van der Waals surface area contributed by atoms with Crippen LogP contribution in [0.3, 0.4) is 0 Å². The molecule has 0 radical (unpaired) electrons. The molecule has 1 unspecified atom stereocenters. The molecule has 0 aliphatic carbocycles. The maximum absolute atomic E-state index is 13.0. The highest BCUT2D eigenvalue weighted by atomic mass is 19.1. The summed E-state index contributed by atoms with van der Waals surface area (Å²) in [5.74, 6) is 0.951. The van der Waals surface area contributed by atoms with Gasteiger partial charge in [-0.05, 0) is 30.3 Å². The molecule has 0 spiro atoms. The van der Waals surface area contributed by atoms with Crippen LogP contribution in [0.15, 0.2) is 48.5 Å². The summed E-state index contributed by atoms with van der Waals surface area (Å²) >= 11 is 0. The van der Waals surface area contributed by atoms with Crippen molar-refractivity contribution in [3.8, 4) is 11.5 Å². The summed E-state index contributed by atoms with van der Waals surface area (Å²) in [6, 6.07) is 12.6. The zero-order chi connectivity index (χ0) is 15.4. The van der Waals surface area contributed by atoms with Crippen molar-refractivity contribution in [3.05, 3.63) is 54.3 Å². The predicted molar refractivity (Wildman–Crippen MR) is 79.8 cm³/mol. The highest BCUT2D eigenvalue weighted by molar-refractivity contribution is 5.89. The maximum atomic E-state index is 13.0. The largest absolute Gasteiger partial charge is 0.486 e. The average molecular weight is 302 g/mol. The van der Waals surface area contributed by atoms with Crippen LogP contribution >= 0.6 is 0 Å². The van der Waals surface area contributed by atoms with Gasteiger partial charge in [0.15, 0.2) is 17.6 Å². The van der Waals surface area contributed by atoms with Gasteiger partial charge in [-0.2, -0.15) is 0 Å². The van der Waals surface area contributed by atoms with E-state index in [-0.39, 0.29) is 12.6 Å². The molecule has 1 atom stereocenters. The van der Waals surface area contributed by atoms with E-state index in [9.17, 15) is 9.18 Å². The van der Waals surface area contributed by atoms with E-state index < -0.39 is 11.8 Å². The molecule has 3 rings (SSSR count). The second kappa shape index (κ2) is 6.34. The third-order valence-electron chi connectivity index (χ3n) is 3.14. The van der Waals surface area contributed by atoms with E-state index in [0.717, 1.165) is 0 Å². The van der Waals surface area contributed by atoms with Gasteiger partial charge in [0.1, 0.15) is 12.4 Å². The molecule has 1 heterocycles. The Labute approximate surface area is 127 Å². The van der Waals surface area contributed by atoms with Gasteiger partial charge in [0.25, 0.3) is 0 Å². The lowest BCUT2D eigenvalue weighted by Gasteiger charge is -2.26. The molecule has 2 aromatic rings. The van der Waals surface area contributed by atoms with Crippen LogP contribution < -0.4 is 20.1 Å². The fraction of sp³-hybridized carbons (Fsp3) is 0.188. The van der Waals surface area contributed by atoms with Crippen LogP contribution in [0.1, 0.15) is 0 Å². The van der Waals surface area contributed by atoms with Crippen molar-refractivity contribution in [1.82, 2.24) is 5.32 Å². The van der Waals surface area contributed by atoms with E-state index in [0.29, 0.717) is 23.8 Å². The summed E-state index contributed by atoms with van der Waals surface area (Å²) in [5, 5.41) is 5.23. The molecule has 5 nitrogen and oxygen atoms in total. The van der Waals surface area contributed by atoms with Crippen molar-refractivity contribution in [2.24, 2.45) is 0 Å². The fourth-order valence-electron chi connectivity index (χ4n) is 2.11. The van der Waals surface area contributed by atoms with Crippen LogP contribution in [0, 0.1) is 5.82 Å². The number of carbonyl (C=O) groups excluding carboxylic acids is 1. The van der Waals surface area contributed by atoms with Crippen LogP contribution in [0.5, 0.6) is 11.5 Å². The van der Waals surface area contributed by atoms with Crippen LogP contribution in [0.4, 0.5) is 14.9 Å². The number of nitrogens with one attached hydrogen (secondary N) is 2. The van der Waals surface area contributed by atoms with Crippen molar-refractivity contribution in [2.45, 2.75) is 6.10 Å². The number of hydrogen-bond donors (Lipinski definition) is 2. The molecule has 0 saturated carbocycles. The number of ether oxygens (including phenoxy) is 2. The summed E-state index contributed by atoms with van der Waals surface area (Å²) < 4.78 is 24.3. The number of hydrogen-bond acceptors (Lipinski definition) is 3. The Morgan fingerprint density at radius 2 is 2.00 bits per heavy atom. The maximum Gasteiger partial charge on any atom is 0.319 e. The molecule has 0 bridgehead atoms. The van der Waals surface area contributed by atoms with Crippen molar-refractivity contribution in [2.75, 3.05) is 18.5 Å². The Balaban J connectivity index is 1.50. The van der Waals surface area contributed by atoms with E-state index in [4.69, 9.17) is 9.47 Å². The summed E-state index contributed by atoms with van der Waals surface area (Å²) in [5.41, 5.74) is 0.392. The Bertz CT molecular complexity index is 678. The number of rotatable bonds is 3. The molecule has 6 heteroatoms. The highest BCUT2D eigenvalue weighted by Crippen LogP contribution is 2.30. The zero-order valence-corrected chi connectivity index (χ0v) is 11.7. The second-order valence-electron chi connectivity index (χ2n) is 4.84. The van der Waals surface area contributed by atoms with E-state index in [1.54, 1.807) is 6.07 Å². The van der Waals surface area contributed by atoms with Crippen LogP contribution in [0.2, 0.25) is 0 Å². The number of carbonyl (C=O) groups is 1. The van der Waals surface area contributed by atoms with Crippen LogP contribution in [0.25, 0.3) is 0 Å². The molecular weight excluding hydrogens is 287 g/mol. The highest BCUT2D eigenvalue weighted by Gasteiger charge is 2.20. The van der Waals surface area contributed by atoms with Crippen molar-refractivity contribution in [1.29, 1.82) is 0 Å². The number of anilines is 1. The third-order valence-corrected chi connectivity index (χ3v) is 3.14. The molecule has 114 valence electrons. The molecular formula is C16H15FN2O3. The van der Waals surface area contributed by atoms with E-state index in [1.165, 1.54) is 18.2 Å². The van der Waals surface area contributed by atoms with Crippen molar-refractivity contribution >= 4 is 11.7 Å². The topological polar surface area (TPSA) is 59.6 Å². The van der Waals surface area contributed by atoms with Gasteiger partial charge in [-0.1, -0.05) is 18.2 Å². The van der Waals surface area contributed by atoms with Crippen molar-refractivity contribution in [3.63, 3.8) is 0 Å². The SMILES string of the molecule is O=C(NCC1COc2ccccc2O1)Nc1cccc(F)c1. The van der Waals surface area contributed by atoms with Gasteiger partial charge in [0, 0.05) is 5.69 Å². The van der Waals surface area contributed by atoms with Crippen molar-refractivity contribution < 1.29 is 18.7 Å². The summed E-state index contributed by atoms with van der Waals surface area (Å²) in [4.78, 5) is 11.8. The minimum absolute atomic E-state index is 0.270. The molecule has 2 amide bonds. The Kier molecular flexibility index (Phi) is 4.09. The monoisotopic (exact) mass is 302 g/mol. The van der Waals surface area contributed by atoms with Gasteiger partial charge in [0.2, 0.25) is 0 Å². The lowest BCUT2D eigenvalue weighted by atomic mass is 10.2. The number of benzene rings is 2. The fourth-order valence-corrected chi connectivity index (χ4v) is 2.11. The number of halogens is 1. The van der Waals surface area contributed by atoms with E-state index >= 15 is 0 Å². The smallest absolute Gasteiger partial charge is 0.319 e. The molecule has 0 aromatic heterocycles. The van der Waals surface area contributed by atoms with Crippen LogP contribution in [-0.2, 0) is 0 Å². The third kappa shape index (κ3) is 3.46. The quantitative estimate of drug-likeness (QED) is 0.916. The van der Waals surface area contributed by atoms with E-state index in [1.807, 2.05) is 24.3 Å². The minimum atomic E-state index is -0.423. The zero-order valence-electron chi connectivity index (χ0n) is 11.7. The van der Waals surface area contributed by atoms with Gasteiger partial charge in [-0.3, -0.25) is 0 Å². The number of urea groups is 1. The number of amides is 2. The summed E-state index contributed by atoms with van der Waals surface area (Å²) in [6.45, 7) is 0.646. The Hall–Kier alpha value is -2.76. The van der Waals surface area contributed by atoms with Gasteiger partial charge in [-0.15, -0.1) is 0 Å². The first-order valence-corrected chi connectivity index (χ1v) is 6.89. The second-order valence-corrected chi connectivity index (χ2v) is 4.84. The van der Waals surface area contributed by atoms with E-state index in [2.05, 4.69) is 10.6 Å². The van der Waals surface area contributed by atoms with Crippen LogP contribution in [-0.4, -0.2) is 25.3 Å². The Morgan fingerprint density at radius 3 is 2.82 bits per heavy atom. The normalized spacial score (nSPS) is 16.0. The van der Waals surface area contributed by atoms with Gasteiger partial charge < -0.3 is 20.1 Å². The Morgan fingerprint density at radius 1 is 1.18 bits per heavy atom. The molecule has 0 fully saturated rings. The summed E-state index contributed by atoms with van der Waals surface area (Å²) in [6.07, 6.45) is -0.270. The predicted octanol–water partition coefficient (Wildman–Crippen LogP) is 2.79. The average Bonchev–Trinajstić information content (AvgIpc) is 2.53. The lowest BCUT2D eigenvalue weighted by molar-refractivity contribution is 0.0922. The molecule has 22 heavy (non-hydrogen) atoms. The minimum Gasteiger partial charge on any atom is -0.486 e. The van der Waals surface area contributed by atoms with Gasteiger partial charge in [0.05, 0.1) is 6.54 Å². The van der Waals surface area contributed by atoms with Gasteiger partial charge >= 0.3 is 6.03 Å². The molecule has 2 N–H and O–H groups in total. The standard InChI is InChI=1S/C16H15FN2O3/c17-11-4-3-5-12(8-11)19-16(20)18-9-13-10-21-14-6-1-2-7-15(14)22-13/h1-8,13H,9-10H2,(H2,18,19,20). The lowest BCUT2D eigenvalue weighted by Crippen LogP contribution is -2.42. The summed E-state index contributed by atoms with van der Waals surface area (Å²) in [7, 11) is 0. The molecule has 2 aromatic carbocycles. The first-order chi connectivity index (χ1) is 10.7. The van der Waals surface area contributed by atoms with Gasteiger partial charge in [-0.25, -0.2) is 9.18 Å². The first kappa shape index (κ1) is 14.2. The molecule has 0 saturated heterocycles.